The van der Waals surface area contributed by atoms with Crippen molar-refractivity contribution in [1.29, 1.82) is 0 Å². The molecule has 28 heavy (non-hydrogen) atoms. The van der Waals surface area contributed by atoms with Crippen LogP contribution in [-0.4, -0.2) is 54.0 Å². The van der Waals surface area contributed by atoms with Gasteiger partial charge in [-0.25, -0.2) is 4.79 Å². The Bertz CT molecular complexity index is 1030. The predicted octanol–water partition coefficient (Wildman–Crippen LogP) is 1.85. The molecule has 0 fully saturated rings. The van der Waals surface area contributed by atoms with Crippen molar-refractivity contribution in [2.24, 2.45) is 0 Å². The summed E-state index contributed by atoms with van der Waals surface area (Å²) in [4.78, 5) is 34.8. The summed E-state index contributed by atoms with van der Waals surface area (Å²) in [5.41, 5.74) is -1.83. The number of hydrogen-bond donors (Lipinski definition) is 5. The molecule has 9 heteroatoms. The molecule has 0 unspecified atom stereocenters. The highest BCUT2D eigenvalue weighted by Crippen LogP contribution is 2.26. The van der Waals surface area contributed by atoms with Gasteiger partial charge < -0.3 is 25.5 Å². The Labute approximate surface area is 158 Å². The number of rotatable bonds is 5. The minimum Gasteiger partial charge on any atom is -0.508 e. The van der Waals surface area contributed by atoms with Gasteiger partial charge >= 0.3 is 17.9 Å². The maximum atomic E-state index is 10.3. The van der Waals surface area contributed by atoms with E-state index in [2.05, 4.69) is 4.98 Å². The predicted molar refractivity (Wildman–Crippen MR) is 98.0 cm³/mol. The van der Waals surface area contributed by atoms with Crippen LogP contribution in [-0.2, 0) is 14.4 Å². The maximum absolute atomic E-state index is 10.3. The van der Waals surface area contributed by atoms with Gasteiger partial charge in [-0.1, -0.05) is 24.3 Å². The fourth-order valence-electron chi connectivity index (χ4n) is 2.56. The van der Waals surface area contributed by atoms with Crippen LogP contribution in [0.15, 0.2) is 48.7 Å². The molecule has 9 nitrogen and oxygen atoms in total. The molecule has 0 radical (unpaired) electrons. The lowest BCUT2D eigenvalue weighted by molar-refractivity contribution is -0.170. The van der Waals surface area contributed by atoms with Gasteiger partial charge in [-0.2, -0.15) is 0 Å². The van der Waals surface area contributed by atoms with Crippen molar-refractivity contribution in [1.82, 2.24) is 4.98 Å². The number of aromatic nitrogens is 1. The van der Waals surface area contributed by atoms with Gasteiger partial charge in [0.15, 0.2) is 5.60 Å². The molecule has 0 amide bonds. The van der Waals surface area contributed by atoms with E-state index < -0.39 is 36.4 Å². The normalized spacial score (nSPS) is 10.9. The van der Waals surface area contributed by atoms with Gasteiger partial charge in [0.05, 0.1) is 18.4 Å². The number of carbonyl (C=O) groups is 3. The van der Waals surface area contributed by atoms with Crippen LogP contribution in [0.4, 0.5) is 0 Å². The number of nitrogens with zero attached hydrogens (tertiary/aromatic N) is 1. The van der Waals surface area contributed by atoms with Gasteiger partial charge in [0, 0.05) is 17.0 Å². The lowest BCUT2D eigenvalue weighted by Gasteiger charge is -2.18. The van der Waals surface area contributed by atoms with Gasteiger partial charge in [-0.3, -0.25) is 14.6 Å². The second-order valence-corrected chi connectivity index (χ2v) is 6.02. The Morgan fingerprint density at radius 2 is 1.50 bits per heavy atom. The first-order chi connectivity index (χ1) is 13.1. The number of pyridine rings is 1. The van der Waals surface area contributed by atoms with Crippen LogP contribution in [0.5, 0.6) is 5.75 Å². The summed E-state index contributed by atoms with van der Waals surface area (Å²) < 4.78 is 0. The van der Waals surface area contributed by atoms with Crippen LogP contribution in [0.3, 0.4) is 0 Å². The van der Waals surface area contributed by atoms with Crippen molar-refractivity contribution >= 4 is 39.6 Å². The van der Waals surface area contributed by atoms with Crippen molar-refractivity contribution < 1.29 is 39.9 Å². The second kappa shape index (κ2) is 8.31. The Balaban J connectivity index is 0.000000204. The minimum atomic E-state index is -2.74. The van der Waals surface area contributed by atoms with Gasteiger partial charge in [0.2, 0.25) is 0 Å². The molecule has 0 spiro atoms. The van der Waals surface area contributed by atoms with Gasteiger partial charge in [-0.05, 0) is 23.6 Å². The molecule has 0 atom stereocenters. The number of carboxylic acid groups (broad SMARTS) is 3. The number of carboxylic acids is 3. The molecule has 146 valence electrons. The maximum Gasteiger partial charge on any atom is 0.336 e. The van der Waals surface area contributed by atoms with Gasteiger partial charge in [0.25, 0.3) is 0 Å². The van der Waals surface area contributed by atoms with Crippen LogP contribution >= 0.6 is 0 Å². The summed E-state index contributed by atoms with van der Waals surface area (Å²) in [5.74, 6) is -4.74. The average molecular weight is 387 g/mol. The van der Waals surface area contributed by atoms with Crippen molar-refractivity contribution in [3.63, 3.8) is 0 Å². The molecule has 0 saturated heterocycles. The van der Waals surface area contributed by atoms with E-state index in [0.717, 1.165) is 21.7 Å². The molecule has 3 aromatic rings. The molecular formula is C19H17NO8. The van der Waals surface area contributed by atoms with E-state index in [1.54, 1.807) is 12.1 Å². The van der Waals surface area contributed by atoms with Gasteiger partial charge in [-0.15, -0.1) is 0 Å². The van der Waals surface area contributed by atoms with E-state index in [1.807, 2.05) is 36.5 Å². The third kappa shape index (κ3) is 4.92. The summed E-state index contributed by atoms with van der Waals surface area (Å²) in [6.07, 6.45) is -0.433. The van der Waals surface area contributed by atoms with E-state index >= 15 is 0 Å². The van der Waals surface area contributed by atoms with Crippen LogP contribution < -0.4 is 0 Å². The molecule has 0 bridgehead atoms. The second-order valence-electron chi connectivity index (χ2n) is 6.02. The van der Waals surface area contributed by atoms with E-state index in [4.69, 9.17) is 20.4 Å². The van der Waals surface area contributed by atoms with E-state index in [9.17, 15) is 19.5 Å². The zero-order valence-electron chi connectivity index (χ0n) is 14.4. The SMILES string of the molecule is O=C(O)CC(O)(CC(=O)O)C(=O)O.Oc1ccc2ncc3ccccc3c2c1. The van der Waals surface area contributed by atoms with E-state index in [1.165, 1.54) is 0 Å². The Morgan fingerprint density at radius 3 is 2.07 bits per heavy atom. The first-order valence-corrected chi connectivity index (χ1v) is 7.98. The number of aliphatic hydroxyl groups is 1. The van der Waals surface area contributed by atoms with Crippen LogP contribution in [0.2, 0.25) is 0 Å². The third-order valence-corrected chi connectivity index (χ3v) is 3.86. The number of hydrogen-bond acceptors (Lipinski definition) is 6. The van der Waals surface area contributed by atoms with E-state index in [-0.39, 0.29) is 5.75 Å². The lowest BCUT2D eigenvalue weighted by atomic mass is 9.96. The Morgan fingerprint density at radius 1 is 0.893 bits per heavy atom. The molecule has 2 aromatic carbocycles. The number of aliphatic carboxylic acids is 3. The molecule has 3 rings (SSSR count). The third-order valence-electron chi connectivity index (χ3n) is 3.86. The van der Waals surface area contributed by atoms with Crippen LogP contribution in [0, 0.1) is 0 Å². The fraction of sp³-hybridized carbons (Fsp3) is 0.158. The molecule has 1 aromatic heterocycles. The smallest absolute Gasteiger partial charge is 0.336 e. The first kappa shape index (κ1) is 20.6. The Hall–Kier alpha value is -3.72. The largest absolute Gasteiger partial charge is 0.508 e. The molecule has 0 saturated carbocycles. The van der Waals surface area contributed by atoms with Crippen molar-refractivity contribution in [3.05, 3.63) is 48.7 Å². The van der Waals surface area contributed by atoms with Crippen molar-refractivity contribution in [2.45, 2.75) is 18.4 Å². The number of benzene rings is 2. The van der Waals surface area contributed by atoms with Crippen molar-refractivity contribution in [3.8, 4) is 5.75 Å². The zero-order valence-corrected chi connectivity index (χ0v) is 14.4. The Kier molecular flexibility index (Phi) is 6.11. The number of aromatic hydroxyl groups is 1. The van der Waals surface area contributed by atoms with Crippen LogP contribution in [0.1, 0.15) is 12.8 Å². The highest BCUT2D eigenvalue weighted by molar-refractivity contribution is 6.05. The quantitative estimate of drug-likeness (QED) is 0.411. The summed E-state index contributed by atoms with van der Waals surface area (Å²) in [7, 11) is 0. The van der Waals surface area contributed by atoms with E-state index in [0.29, 0.717) is 0 Å². The average Bonchev–Trinajstić information content (AvgIpc) is 2.60. The summed E-state index contributed by atoms with van der Waals surface area (Å²) in [6.45, 7) is 0. The van der Waals surface area contributed by atoms with Crippen LogP contribution in [0.25, 0.3) is 21.7 Å². The molecule has 5 N–H and O–H groups in total. The highest BCUT2D eigenvalue weighted by Gasteiger charge is 2.40. The molecular weight excluding hydrogens is 370 g/mol. The van der Waals surface area contributed by atoms with Crippen molar-refractivity contribution in [2.75, 3.05) is 0 Å². The van der Waals surface area contributed by atoms with Gasteiger partial charge in [0.1, 0.15) is 5.75 Å². The summed E-state index contributed by atoms with van der Waals surface area (Å²) >= 11 is 0. The molecule has 1 heterocycles. The lowest BCUT2D eigenvalue weighted by Crippen LogP contribution is -2.42. The molecule has 0 aliphatic carbocycles. The fourth-order valence-corrected chi connectivity index (χ4v) is 2.56. The monoisotopic (exact) mass is 387 g/mol. The first-order valence-electron chi connectivity index (χ1n) is 7.98. The number of phenols is 1. The highest BCUT2D eigenvalue weighted by atomic mass is 16.4. The summed E-state index contributed by atoms with van der Waals surface area (Å²) in [5, 5.41) is 46.5. The molecule has 0 aliphatic heterocycles. The standard InChI is InChI=1S/C13H9NO.C6H8O7/c15-10-5-6-13-12(7-10)11-4-2-1-3-9(11)8-14-13;7-3(8)1-6(13,5(11)12)2-4(9)10/h1-8,15H;13H,1-2H2,(H,7,8)(H,9,10)(H,11,12). The minimum absolute atomic E-state index is 0.278. The zero-order chi connectivity index (χ0) is 20.9. The summed E-state index contributed by atoms with van der Waals surface area (Å²) in [6, 6.07) is 13.3. The number of fused-ring (bicyclic) bond motifs is 3. The number of phenolic OH excluding ortho intramolecular Hbond substituents is 1. The topological polar surface area (TPSA) is 165 Å². The molecule has 0 aliphatic rings.